The summed E-state index contributed by atoms with van der Waals surface area (Å²) in [5.74, 6) is 0.905. The van der Waals surface area contributed by atoms with Crippen LogP contribution in [0.1, 0.15) is 5.56 Å². The Hall–Kier alpha value is -2.00. The minimum atomic E-state index is 0.714. The van der Waals surface area contributed by atoms with E-state index in [1.54, 1.807) is 0 Å². The second-order valence-corrected chi connectivity index (χ2v) is 5.14. The molecule has 3 rings (SSSR count). The number of aromatic nitrogens is 2. The first-order valence-electron chi connectivity index (χ1n) is 6.05. The lowest BCUT2D eigenvalue weighted by molar-refractivity contribution is 0.957. The number of hydrogen-bond donors (Lipinski definition) is 1. The molecule has 1 heterocycles. The zero-order chi connectivity index (χ0) is 13.6. The van der Waals surface area contributed by atoms with Crippen molar-refractivity contribution in [1.82, 2.24) is 9.55 Å². The van der Waals surface area contributed by atoms with E-state index in [1.165, 1.54) is 0 Å². The van der Waals surface area contributed by atoms with Crippen molar-refractivity contribution in [1.29, 1.82) is 0 Å². The molecule has 96 valence electrons. The smallest absolute Gasteiger partial charge is 0.141 e. The Kier molecular flexibility index (Phi) is 2.72. The Bertz CT molecular complexity index is 774. The molecule has 0 atom stereocenters. The Morgan fingerprint density at radius 1 is 1.16 bits per heavy atom. The van der Waals surface area contributed by atoms with Crippen LogP contribution in [0.2, 0.25) is 5.02 Å². The lowest BCUT2D eigenvalue weighted by atomic mass is 10.1. The normalized spacial score (nSPS) is 11.1. The van der Waals surface area contributed by atoms with Crippen LogP contribution in [0.5, 0.6) is 0 Å². The second kappa shape index (κ2) is 4.28. The maximum atomic E-state index is 6.04. The number of fused-ring (bicyclic) bond motifs is 1. The average molecular weight is 272 g/mol. The Balaban J connectivity index is 2.31. The first kappa shape index (κ1) is 12.1. The zero-order valence-corrected chi connectivity index (χ0v) is 11.6. The Morgan fingerprint density at radius 3 is 2.74 bits per heavy atom. The molecule has 2 aromatic carbocycles. The number of nitrogens with zero attached hydrogens (tertiary/aromatic N) is 2. The molecule has 0 radical (unpaired) electrons. The molecular weight excluding hydrogens is 258 g/mol. The van der Waals surface area contributed by atoms with Gasteiger partial charge in [-0.1, -0.05) is 17.7 Å². The predicted molar refractivity (Wildman–Crippen MR) is 80.3 cm³/mol. The van der Waals surface area contributed by atoms with Gasteiger partial charge in [0.2, 0.25) is 0 Å². The zero-order valence-electron chi connectivity index (χ0n) is 10.8. The number of benzene rings is 2. The van der Waals surface area contributed by atoms with Gasteiger partial charge in [0, 0.05) is 23.3 Å². The van der Waals surface area contributed by atoms with Crippen molar-refractivity contribution in [3.05, 3.63) is 47.0 Å². The van der Waals surface area contributed by atoms with Crippen LogP contribution in [-0.2, 0) is 7.05 Å². The summed E-state index contributed by atoms with van der Waals surface area (Å²) in [6.45, 7) is 2.06. The molecule has 0 amide bonds. The number of imidazole rings is 1. The summed E-state index contributed by atoms with van der Waals surface area (Å²) in [7, 11) is 1.99. The van der Waals surface area contributed by atoms with E-state index >= 15 is 0 Å². The van der Waals surface area contributed by atoms with Crippen LogP contribution in [-0.4, -0.2) is 9.55 Å². The van der Waals surface area contributed by atoms with Crippen molar-refractivity contribution in [2.24, 2.45) is 7.05 Å². The number of halogens is 1. The molecule has 0 bridgehead atoms. The number of hydrogen-bond acceptors (Lipinski definition) is 2. The summed E-state index contributed by atoms with van der Waals surface area (Å²) >= 11 is 6.04. The van der Waals surface area contributed by atoms with Gasteiger partial charge >= 0.3 is 0 Å². The number of aryl methyl sites for hydroxylation is 2. The molecule has 3 aromatic rings. The van der Waals surface area contributed by atoms with Crippen molar-refractivity contribution < 1.29 is 0 Å². The maximum Gasteiger partial charge on any atom is 0.141 e. The first-order valence-corrected chi connectivity index (χ1v) is 6.42. The Labute approximate surface area is 116 Å². The Morgan fingerprint density at radius 2 is 1.95 bits per heavy atom. The molecule has 0 aliphatic heterocycles. The lowest BCUT2D eigenvalue weighted by Gasteiger charge is -2.07. The van der Waals surface area contributed by atoms with Gasteiger partial charge in [-0.05, 0) is 42.8 Å². The molecule has 1 aromatic heterocycles. The van der Waals surface area contributed by atoms with E-state index in [1.807, 2.05) is 48.0 Å². The van der Waals surface area contributed by atoms with Crippen molar-refractivity contribution in [3.8, 4) is 11.4 Å². The van der Waals surface area contributed by atoms with E-state index in [2.05, 4.69) is 11.9 Å². The number of anilines is 1. The van der Waals surface area contributed by atoms with E-state index < -0.39 is 0 Å². The monoisotopic (exact) mass is 271 g/mol. The van der Waals surface area contributed by atoms with Gasteiger partial charge in [0.05, 0.1) is 11.0 Å². The SMILES string of the molecule is Cc1ccc(N)cc1-c1nc2ccc(Cl)cc2n1C. The molecule has 19 heavy (non-hydrogen) atoms. The van der Waals surface area contributed by atoms with Gasteiger partial charge in [-0.15, -0.1) is 0 Å². The highest BCUT2D eigenvalue weighted by molar-refractivity contribution is 6.31. The summed E-state index contributed by atoms with van der Waals surface area (Å²) < 4.78 is 2.04. The van der Waals surface area contributed by atoms with Gasteiger partial charge in [0.1, 0.15) is 5.82 Å². The lowest BCUT2D eigenvalue weighted by Crippen LogP contribution is -1.96. The van der Waals surface area contributed by atoms with Crippen LogP contribution in [0.25, 0.3) is 22.4 Å². The fourth-order valence-corrected chi connectivity index (χ4v) is 2.45. The molecule has 0 aliphatic carbocycles. The van der Waals surface area contributed by atoms with E-state index in [9.17, 15) is 0 Å². The molecule has 4 heteroatoms. The van der Waals surface area contributed by atoms with Gasteiger partial charge in [0.25, 0.3) is 0 Å². The predicted octanol–water partition coefficient (Wildman–Crippen LogP) is 3.78. The van der Waals surface area contributed by atoms with Gasteiger partial charge in [0.15, 0.2) is 0 Å². The standard InChI is InChI=1S/C15H14ClN3/c1-9-3-5-11(17)8-12(9)15-18-13-6-4-10(16)7-14(13)19(15)2/h3-8H,17H2,1-2H3. The summed E-state index contributed by atoms with van der Waals surface area (Å²) in [6.07, 6.45) is 0. The molecule has 0 fully saturated rings. The third kappa shape index (κ3) is 1.96. The number of rotatable bonds is 1. The van der Waals surface area contributed by atoms with Crippen LogP contribution in [0.15, 0.2) is 36.4 Å². The molecule has 0 unspecified atom stereocenters. The molecular formula is C15H14ClN3. The second-order valence-electron chi connectivity index (χ2n) is 4.70. The largest absolute Gasteiger partial charge is 0.399 e. The van der Waals surface area contributed by atoms with E-state index in [0.29, 0.717) is 5.02 Å². The average Bonchev–Trinajstić information content (AvgIpc) is 2.70. The van der Waals surface area contributed by atoms with Crippen LogP contribution < -0.4 is 5.73 Å². The van der Waals surface area contributed by atoms with E-state index in [4.69, 9.17) is 17.3 Å². The molecule has 0 spiro atoms. The van der Waals surface area contributed by atoms with Crippen LogP contribution in [0.4, 0.5) is 5.69 Å². The van der Waals surface area contributed by atoms with Gasteiger partial charge < -0.3 is 10.3 Å². The van der Waals surface area contributed by atoms with Crippen LogP contribution in [0.3, 0.4) is 0 Å². The fraction of sp³-hybridized carbons (Fsp3) is 0.133. The highest BCUT2D eigenvalue weighted by Crippen LogP contribution is 2.28. The molecule has 0 saturated carbocycles. The highest BCUT2D eigenvalue weighted by atomic mass is 35.5. The molecule has 0 saturated heterocycles. The molecule has 0 aliphatic rings. The third-order valence-electron chi connectivity index (χ3n) is 3.35. The topological polar surface area (TPSA) is 43.8 Å². The van der Waals surface area contributed by atoms with E-state index in [0.717, 1.165) is 33.7 Å². The molecule has 2 N–H and O–H groups in total. The van der Waals surface area contributed by atoms with Gasteiger partial charge in [-0.25, -0.2) is 4.98 Å². The quantitative estimate of drug-likeness (QED) is 0.685. The highest BCUT2D eigenvalue weighted by Gasteiger charge is 2.12. The van der Waals surface area contributed by atoms with Crippen molar-refractivity contribution >= 4 is 28.3 Å². The first-order chi connectivity index (χ1) is 9.06. The third-order valence-corrected chi connectivity index (χ3v) is 3.58. The summed E-state index contributed by atoms with van der Waals surface area (Å²) in [4.78, 5) is 4.67. The van der Waals surface area contributed by atoms with Crippen molar-refractivity contribution in [3.63, 3.8) is 0 Å². The fourth-order valence-electron chi connectivity index (χ4n) is 2.28. The van der Waals surface area contributed by atoms with Crippen LogP contribution in [0, 0.1) is 6.92 Å². The molecule has 3 nitrogen and oxygen atoms in total. The minimum absolute atomic E-state index is 0.714. The number of nitrogens with two attached hydrogens (primary N) is 1. The minimum Gasteiger partial charge on any atom is -0.399 e. The van der Waals surface area contributed by atoms with E-state index in [-0.39, 0.29) is 0 Å². The van der Waals surface area contributed by atoms with Gasteiger partial charge in [-0.2, -0.15) is 0 Å². The van der Waals surface area contributed by atoms with Crippen molar-refractivity contribution in [2.75, 3.05) is 5.73 Å². The van der Waals surface area contributed by atoms with Crippen molar-refractivity contribution in [2.45, 2.75) is 6.92 Å². The maximum absolute atomic E-state index is 6.04. The van der Waals surface area contributed by atoms with Gasteiger partial charge in [-0.3, -0.25) is 0 Å². The summed E-state index contributed by atoms with van der Waals surface area (Å²) in [5, 5.41) is 0.714. The summed E-state index contributed by atoms with van der Waals surface area (Å²) in [5.41, 5.74) is 10.8. The number of nitrogen functional groups attached to an aromatic ring is 1. The van der Waals surface area contributed by atoms with Crippen LogP contribution >= 0.6 is 11.6 Å². The summed E-state index contributed by atoms with van der Waals surface area (Å²) in [6, 6.07) is 11.6.